The maximum Gasteiger partial charge on any atom is 0.390 e. The third kappa shape index (κ3) is 4.81. The molecule has 1 atom stereocenters. The minimum atomic E-state index is -4.26. The maximum absolute atomic E-state index is 12.0. The molecule has 1 aromatic rings. The summed E-state index contributed by atoms with van der Waals surface area (Å²) < 4.78 is 36.4. The molecule has 0 aliphatic carbocycles. The lowest BCUT2D eigenvalue weighted by Crippen LogP contribution is -2.20. The summed E-state index contributed by atoms with van der Waals surface area (Å²) in [5.74, 6) is 0. The highest BCUT2D eigenvalue weighted by atomic mass is 79.9. The standard InChI is InChI=1S/C8H8BrF3N2.ClH/c9-7-5(2-1-3-14-7)6(13)4-8(10,11)12;/h1-3,6H,4,13H2;1H/t6-;/m1./s1. The molecule has 0 amide bonds. The summed E-state index contributed by atoms with van der Waals surface area (Å²) in [5, 5.41) is 0. The number of hydrogen-bond donors (Lipinski definition) is 1. The van der Waals surface area contributed by atoms with E-state index in [2.05, 4.69) is 20.9 Å². The summed E-state index contributed by atoms with van der Waals surface area (Å²) in [7, 11) is 0. The van der Waals surface area contributed by atoms with Crippen LogP contribution in [0.4, 0.5) is 13.2 Å². The van der Waals surface area contributed by atoms with Crippen LogP contribution in [0.25, 0.3) is 0 Å². The highest BCUT2D eigenvalue weighted by Gasteiger charge is 2.31. The molecular formula is C8H9BrClF3N2. The van der Waals surface area contributed by atoms with Crippen LogP contribution in [0.15, 0.2) is 22.9 Å². The van der Waals surface area contributed by atoms with Crippen LogP contribution < -0.4 is 5.73 Å². The molecule has 0 fully saturated rings. The highest BCUT2D eigenvalue weighted by molar-refractivity contribution is 9.10. The number of nitrogens with zero attached hydrogens (tertiary/aromatic N) is 1. The number of alkyl halides is 3. The Labute approximate surface area is 99.6 Å². The Morgan fingerprint density at radius 1 is 1.47 bits per heavy atom. The van der Waals surface area contributed by atoms with Gasteiger partial charge in [-0.2, -0.15) is 13.2 Å². The van der Waals surface area contributed by atoms with Crippen LogP contribution in [0.1, 0.15) is 18.0 Å². The van der Waals surface area contributed by atoms with E-state index in [1.54, 1.807) is 6.07 Å². The number of hydrogen-bond acceptors (Lipinski definition) is 2. The number of nitrogens with two attached hydrogens (primary N) is 1. The molecule has 15 heavy (non-hydrogen) atoms. The average Bonchev–Trinajstić information content (AvgIpc) is 2.01. The van der Waals surface area contributed by atoms with Gasteiger partial charge in [-0.25, -0.2) is 4.98 Å². The molecule has 0 aliphatic heterocycles. The van der Waals surface area contributed by atoms with Crippen LogP contribution in [0.5, 0.6) is 0 Å². The molecule has 0 saturated carbocycles. The molecule has 86 valence electrons. The topological polar surface area (TPSA) is 38.9 Å². The first-order valence-corrected chi connectivity index (χ1v) is 4.62. The molecule has 0 radical (unpaired) electrons. The van der Waals surface area contributed by atoms with Gasteiger partial charge in [0, 0.05) is 17.8 Å². The molecule has 2 N–H and O–H groups in total. The van der Waals surface area contributed by atoms with Gasteiger partial charge in [0.25, 0.3) is 0 Å². The molecule has 0 aliphatic rings. The van der Waals surface area contributed by atoms with Gasteiger partial charge in [0.2, 0.25) is 0 Å². The van der Waals surface area contributed by atoms with E-state index in [1.165, 1.54) is 12.3 Å². The SMILES string of the molecule is Cl.N[C@H](CC(F)(F)F)c1cccnc1Br. The van der Waals surface area contributed by atoms with E-state index in [-0.39, 0.29) is 12.4 Å². The van der Waals surface area contributed by atoms with Gasteiger partial charge in [-0.05, 0) is 22.0 Å². The Hall–Kier alpha value is -0.330. The van der Waals surface area contributed by atoms with Gasteiger partial charge >= 0.3 is 6.18 Å². The van der Waals surface area contributed by atoms with Crippen molar-refractivity contribution in [2.75, 3.05) is 0 Å². The van der Waals surface area contributed by atoms with Gasteiger partial charge in [-0.3, -0.25) is 0 Å². The van der Waals surface area contributed by atoms with Crippen molar-refractivity contribution in [2.24, 2.45) is 5.73 Å². The van der Waals surface area contributed by atoms with E-state index < -0.39 is 18.6 Å². The predicted molar refractivity (Wildman–Crippen MR) is 56.8 cm³/mol. The normalized spacial score (nSPS) is 13.1. The largest absolute Gasteiger partial charge is 0.390 e. The molecule has 2 nitrogen and oxygen atoms in total. The minimum Gasteiger partial charge on any atom is -0.324 e. The van der Waals surface area contributed by atoms with Crippen molar-refractivity contribution in [2.45, 2.75) is 18.6 Å². The molecule has 0 bridgehead atoms. The Morgan fingerprint density at radius 2 is 2.07 bits per heavy atom. The lowest BCUT2D eigenvalue weighted by atomic mass is 10.1. The Balaban J connectivity index is 0.00000196. The molecule has 7 heteroatoms. The van der Waals surface area contributed by atoms with Crippen molar-refractivity contribution in [3.05, 3.63) is 28.5 Å². The lowest BCUT2D eigenvalue weighted by Gasteiger charge is -2.14. The van der Waals surface area contributed by atoms with E-state index >= 15 is 0 Å². The summed E-state index contributed by atoms with van der Waals surface area (Å²) in [6, 6.07) is 2.00. The van der Waals surface area contributed by atoms with Gasteiger partial charge in [-0.15, -0.1) is 12.4 Å². The van der Waals surface area contributed by atoms with Crippen LogP contribution in [-0.2, 0) is 0 Å². The summed E-state index contributed by atoms with van der Waals surface area (Å²) in [6.07, 6.45) is -3.82. The van der Waals surface area contributed by atoms with E-state index in [0.717, 1.165) is 0 Å². The third-order valence-electron chi connectivity index (χ3n) is 1.64. The molecule has 1 heterocycles. The fourth-order valence-electron chi connectivity index (χ4n) is 1.03. The van der Waals surface area contributed by atoms with Crippen molar-refractivity contribution in [1.29, 1.82) is 0 Å². The van der Waals surface area contributed by atoms with Gasteiger partial charge in [0.1, 0.15) is 4.60 Å². The summed E-state index contributed by atoms with van der Waals surface area (Å²) in [4.78, 5) is 3.80. The van der Waals surface area contributed by atoms with E-state index in [1.807, 2.05) is 0 Å². The monoisotopic (exact) mass is 304 g/mol. The number of rotatable bonds is 2. The number of aromatic nitrogens is 1. The van der Waals surface area contributed by atoms with Crippen LogP contribution in [-0.4, -0.2) is 11.2 Å². The first-order valence-electron chi connectivity index (χ1n) is 3.83. The molecule has 0 unspecified atom stereocenters. The quantitative estimate of drug-likeness (QED) is 0.852. The second-order valence-electron chi connectivity index (χ2n) is 2.81. The summed E-state index contributed by atoms with van der Waals surface area (Å²) >= 11 is 3.05. The summed E-state index contributed by atoms with van der Waals surface area (Å²) in [6.45, 7) is 0. The van der Waals surface area contributed by atoms with Crippen molar-refractivity contribution in [1.82, 2.24) is 4.98 Å². The van der Waals surface area contributed by atoms with Crippen LogP contribution >= 0.6 is 28.3 Å². The smallest absolute Gasteiger partial charge is 0.324 e. The first kappa shape index (κ1) is 14.7. The summed E-state index contributed by atoms with van der Waals surface area (Å²) in [5.41, 5.74) is 5.76. The van der Waals surface area contributed by atoms with Crippen LogP contribution in [0.2, 0.25) is 0 Å². The molecular weight excluding hydrogens is 296 g/mol. The predicted octanol–water partition coefficient (Wildman–Crippen LogP) is 3.22. The fourth-order valence-corrected chi connectivity index (χ4v) is 1.58. The van der Waals surface area contributed by atoms with Gasteiger partial charge in [0.15, 0.2) is 0 Å². The van der Waals surface area contributed by atoms with Crippen molar-refractivity contribution < 1.29 is 13.2 Å². The second kappa shape index (κ2) is 5.67. The molecule has 0 spiro atoms. The van der Waals surface area contributed by atoms with E-state index in [0.29, 0.717) is 10.2 Å². The lowest BCUT2D eigenvalue weighted by molar-refractivity contribution is -0.138. The molecule has 1 aromatic heterocycles. The first-order chi connectivity index (χ1) is 6.40. The Morgan fingerprint density at radius 3 is 2.53 bits per heavy atom. The molecule has 0 saturated heterocycles. The zero-order valence-corrected chi connectivity index (χ0v) is 9.86. The van der Waals surface area contributed by atoms with E-state index in [4.69, 9.17) is 5.73 Å². The number of pyridine rings is 1. The van der Waals surface area contributed by atoms with Crippen molar-refractivity contribution >= 4 is 28.3 Å². The Kier molecular flexibility index (Phi) is 5.55. The average molecular weight is 306 g/mol. The van der Waals surface area contributed by atoms with Crippen molar-refractivity contribution in [3.8, 4) is 0 Å². The zero-order valence-electron chi connectivity index (χ0n) is 7.46. The van der Waals surface area contributed by atoms with E-state index in [9.17, 15) is 13.2 Å². The zero-order chi connectivity index (χ0) is 10.8. The van der Waals surface area contributed by atoms with Crippen molar-refractivity contribution in [3.63, 3.8) is 0 Å². The molecule has 0 aromatic carbocycles. The second-order valence-corrected chi connectivity index (χ2v) is 3.56. The van der Waals surface area contributed by atoms with Crippen LogP contribution in [0, 0.1) is 0 Å². The number of halogens is 5. The Bertz CT molecular complexity index is 319. The van der Waals surface area contributed by atoms with Gasteiger partial charge in [0.05, 0.1) is 6.42 Å². The minimum absolute atomic E-state index is 0. The van der Waals surface area contributed by atoms with Gasteiger partial charge in [-0.1, -0.05) is 6.07 Å². The van der Waals surface area contributed by atoms with Gasteiger partial charge < -0.3 is 5.73 Å². The molecule has 1 rings (SSSR count). The third-order valence-corrected chi connectivity index (χ3v) is 2.30. The highest BCUT2D eigenvalue weighted by Crippen LogP contribution is 2.30. The fraction of sp³-hybridized carbons (Fsp3) is 0.375. The van der Waals surface area contributed by atoms with Crippen LogP contribution in [0.3, 0.4) is 0 Å². The maximum atomic E-state index is 12.0.